The molecule has 0 fully saturated rings. The molecule has 0 saturated carbocycles. The van der Waals surface area contributed by atoms with Crippen molar-refractivity contribution in [3.8, 4) is 0 Å². The lowest BCUT2D eigenvalue weighted by Gasteiger charge is -2.00. The molecule has 0 saturated heterocycles. The van der Waals surface area contributed by atoms with Gasteiger partial charge in [0.05, 0.1) is 6.61 Å². The third-order valence-corrected chi connectivity index (χ3v) is 5.19. The molecule has 0 bridgehead atoms. The third-order valence-electron chi connectivity index (χ3n) is 1.96. The van der Waals surface area contributed by atoms with Crippen molar-refractivity contribution in [3.63, 3.8) is 0 Å². The fourth-order valence-electron chi connectivity index (χ4n) is 1.25. The molecule has 0 radical (unpaired) electrons. The third kappa shape index (κ3) is 3.27. The molecule has 0 aromatic carbocycles. The molecule has 0 aliphatic rings. The van der Waals surface area contributed by atoms with E-state index in [1.807, 2.05) is 0 Å². The molecule has 0 aliphatic carbocycles. The zero-order valence-corrected chi connectivity index (χ0v) is 11.6. The van der Waals surface area contributed by atoms with Crippen LogP contribution in [0.4, 0.5) is 0 Å². The summed E-state index contributed by atoms with van der Waals surface area (Å²) in [5.41, 5.74) is 0.616. The highest BCUT2D eigenvalue weighted by Crippen LogP contribution is 2.26. The molecule has 7 heteroatoms. The molecule has 0 amide bonds. The number of hydrogen-bond donors (Lipinski definition) is 1. The second-order valence-electron chi connectivity index (χ2n) is 3.30. The standard InChI is InChI=1S/C10H15NO4S2/c1-4-11-17(13,14)8-6-7(3)9(16-8)10(12)15-5-2/h6,11H,4-5H2,1-3H3. The number of carbonyl (C=O) groups is 1. The van der Waals surface area contributed by atoms with Crippen LogP contribution in [0.2, 0.25) is 0 Å². The molecule has 5 nitrogen and oxygen atoms in total. The topological polar surface area (TPSA) is 72.5 Å². The Morgan fingerprint density at radius 2 is 2.12 bits per heavy atom. The van der Waals surface area contributed by atoms with E-state index in [0.29, 0.717) is 17.0 Å². The Kier molecular flexibility index (Phi) is 4.67. The maximum atomic E-state index is 11.7. The van der Waals surface area contributed by atoms with Crippen molar-refractivity contribution in [2.24, 2.45) is 0 Å². The first-order valence-corrected chi connectivity index (χ1v) is 7.49. The van der Waals surface area contributed by atoms with Crippen LogP contribution >= 0.6 is 11.3 Å². The van der Waals surface area contributed by atoms with E-state index in [9.17, 15) is 13.2 Å². The monoisotopic (exact) mass is 277 g/mol. The average molecular weight is 277 g/mol. The average Bonchev–Trinajstić information content (AvgIpc) is 2.61. The van der Waals surface area contributed by atoms with Crippen LogP contribution < -0.4 is 4.72 Å². The van der Waals surface area contributed by atoms with E-state index in [1.54, 1.807) is 20.8 Å². The molecule has 1 rings (SSSR count). The zero-order chi connectivity index (χ0) is 13.1. The first-order valence-electron chi connectivity index (χ1n) is 5.19. The summed E-state index contributed by atoms with van der Waals surface area (Å²) in [6, 6.07) is 1.48. The number of aryl methyl sites for hydroxylation is 1. The summed E-state index contributed by atoms with van der Waals surface area (Å²) in [6.07, 6.45) is 0. The van der Waals surface area contributed by atoms with Gasteiger partial charge in [-0.05, 0) is 25.5 Å². The molecule has 0 atom stereocenters. The summed E-state index contributed by atoms with van der Waals surface area (Å²) in [5, 5.41) is 0. The predicted molar refractivity (Wildman–Crippen MR) is 65.9 cm³/mol. The van der Waals surface area contributed by atoms with Gasteiger partial charge in [0.2, 0.25) is 10.0 Å². The smallest absolute Gasteiger partial charge is 0.348 e. The van der Waals surface area contributed by atoms with Crippen molar-refractivity contribution in [3.05, 3.63) is 16.5 Å². The van der Waals surface area contributed by atoms with Crippen LogP contribution in [-0.2, 0) is 14.8 Å². The largest absolute Gasteiger partial charge is 0.462 e. The van der Waals surface area contributed by atoms with Crippen molar-refractivity contribution in [2.45, 2.75) is 25.0 Å². The van der Waals surface area contributed by atoms with Gasteiger partial charge in [0.15, 0.2) is 0 Å². The molecule has 1 aromatic heterocycles. The van der Waals surface area contributed by atoms with Gasteiger partial charge in [-0.3, -0.25) is 0 Å². The summed E-state index contributed by atoms with van der Waals surface area (Å²) in [4.78, 5) is 11.9. The Labute approximate surface area is 105 Å². The van der Waals surface area contributed by atoms with Gasteiger partial charge in [0.1, 0.15) is 9.09 Å². The minimum atomic E-state index is -3.50. The van der Waals surface area contributed by atoms with E-state index in [0.717, 1.165) is 11.3 Å². The van der Waals surface area contributed by atoms with Crippen molar-refractivity contribution < 1.29 is 17.9 Å². The molecule has 1 N–H and O–H groups in total. The molecular formula is C10H15NO4S2. The number of rotatable bonds is 5. The first kappa shape index (κ1) is 14.1. The van der Waals surface area contributed by atoms with Crippen LogP contribution in [0, 0.1) is 6.92 Å². The van der Waals surface area contributed by atoms with Crippen LogP contribution in [0.3, 0.4) is 0 Å². The molecule has 1 heterocycles. The lowest BCUT2D eigenvalue weighted by atomic mass is 10.3. The summed E-state index contributed by atoms with van der Waals surface area (Å²) in [5.74, 6) is -0.479. The van der Waals surface area contributed by atoms with Gasteiger partial charge >= 0.3 is 5.97 Å². The van der Waals surface area contributed by atoms with Gasteiger partial charge in [-0.1, -0.05) is 6.92 Å². The minimum absolute atomic E-state index is 0.139. The van der Waals surface area contributed by atoms with E-state index in [1.165, 1.54) is 6.07 Å². The second-order valence-corrected chi connectivity index (χ2v) is 6.35. The van der Waals surface area contributed by atoms with E-state index in [2.05, 4.69) is 4.72 Å². The van der Waals surface area contributed by atoms with E-state index >= 15 is 0 Å². The van der Waals surface area contributed by atoms with E-state index < -0.39 is 16.0 Å². The number of thiophene rings is 1. The highest BCUT2D eigenvalue weighted by Gasteiger charge is 2.21. The Bertz CT molecular complexity index is 504. The van der Waals surface area contributed by atoms with E-state index in [-0.39, 0.29) is 10.8 Å². The van der Waals surface area contributed by atoms with Gasteiger partial charge in [-0.25, -0.2) is 17.9 Å². The summed E-state index contributed by atoms with van der Waals surface area (Å²) < 4.78 is 30.8. The molecular weight excluding hydrogens is 262 g/mol. The Balaban J connectivity index is 3.08. The molecule has 17 heavy (non-hydrogen) atoms. The van der Waals surface area contributed by atoms with Gasteiger partial charge in [-0.2, -0.15) is 0 Å². The summed E-state index contributed by atoms with van der Waals surface area (Å²) in [7, 11) is -3.50. The van der Waals surface area contributed by atoms with Gasteiger partial charge < -0.3 is 4.74 Å². The fourth-order valence-corrected chi connectivity index (χ4v) is 3.76. The number of sulfonamides is 1. The molecule has 96 valence electrons. The number of nitrogens with one attached hydrogen (secondary N) is 1. The molecule has 1 aromatic rings. The maximum Gasteiger partial charge on any atom is 0.348 e. The van der Waals surface area contributed by atoms with Crippen molar-refractivity contribution in [1.82, 2.24) is 4.72 Å². The normalized spacial score (nSPS) is 11.5. The highest BCUT2D eigenvalue weighted by molar-refractivity contribution is 7.91. The van der Waals surface area contributed by atoms with Crippen LogP contribution in [0.15, 0.2) is 10.3 Å². The maximum absolute atomic E-state index is 11.7. The van der Waals surface area contributed by atoms with Crippen molar-refractivity contribution in [1.29, 1.82) is 0 Å². The predicted octanol–water partition coefficient (Wildman–Crippen LogP) is 1.53. The first-order chi connectivity index (χ1) is 7.92. The van der Waals surface area contributed by atoms with Crippen LogP contribution in [-0.4, -0.2) is 27.5 Å². The second kappa shape index (κ2) is 5.61. The van der Waals surface area contributed by atoms with E-state index in [4.69, 9.17) is 4.74 Å². The molecule has 0 aliphatic heterocycles. The van der Waals surface area contributed by atoms with Gasteiger partial charge in [-0.15, -0.1) is 11.3 Å². The summed E-state index contributed by atoms with van der Waals surface area (Å²) >= 11 is 0.929. The van der Waals surface area contributed by atoms with Gasteiger partial charge in [0, 0.05) is 6.54 Å². The fraction of sp³-hybridized carbons (Fsp3) is 0.500. The lowest BCUT2D eigenvalue weighted by molar-refractivity contribution is 0.0531. The Hall–Kier alpha value is -0.920. The van der Waals surface area contributed by atoms with Crippen molar-refractivity contribution >= 4 is 27.3 Å². The zero-order valence-electron chi connectivity index (χ0n) is 9.94. The van der Waals surface area contributed by atoms with Crippen LogP contribution in [0.5, 0.6) is 0 Å². The number of hydrogen-bond acceptors (Lipinski definition) is 5. The number of carbonyl (C=O) groups excluding carboxylic acids is 1. The lowest BCUT2D eigenvalue weighted by Crippen LogP contribution is -2.22. The Morgan fingerprint density at radius 3 is 2.65 bits per heavy atom. The number of ether oxygens (including phenoxy) is 1. The molecule has 0 spiro atoms. The Morgan fingerprint density at radius 1 is 1.47 bits per heavy atom. The number of esters is 1. The van der Waals surface area contributed by atoms with Crippen LogP contribution in [0.25, 0.3) is 0 Å². The SMILES string of the molecule is CCNS(=O)(=O)c1cc(C)c(C(=O)OCC)s1. The quantitative estimate of drug-likeness (QED) is 0.828. The minimum Gasteiger partial charge on any atom is -0.462 e. The highest BCUT2D eigenvalue weighted by atomic mass is 32.2. The molecule has 0 unspecified atom stereocenters. The van der Waals surface area contributed by atoms with Crippen molar-refractivity contribution in [2.75, 3.05) is 13.2 Å². The van der Waals surface area contributed by atoms with Gasteiger partial charge in [0.25, 0.3) is 0 Å². The van der Waals surface area contributed by atoms with Crippen LogP contribution in [0.1, 0.15) is 29.1 Å². The summed E-state index contributed by atoms with van der Waals surface area (Å²) in [6.45, 7) is 5.68.